The van der Waals surface area contributed by atoms with E-state index in [9.17, 15) is 19.7 Å². The molecule has 1 aliphatic rings. The van der Waals surface area contributed by atoms with Crippen molar-refractivity contribution in [3.05, 3.63) is 33.9 Å². The van der Waals surface area contributed by atoms with Crippen LogP contribution >= 0.6 is 0 Å². The third-order valence-electron chi connectivity index (χ3n) is 3.45. The molecule has 1 amide bonds. The number of carbonyl (C=O) groups is 2. The molecule has 1 fully saturated rings. The van der Waals surface area contributed by atoms with E-state index >= 15 is 0 Å². The van der Waals surface area contributed by atoms with Crippen molar-refractivity contribution in [1.82, 2.24) is 4.90 Å². The Morgan fingerprint density at radius 1 is 1.43 bits per heavy atom. The van der Waals surface area contributed by atoms with Gasteiger partial charge in [0.15, 0.2) is 12.9 Å². The summed E-state index contributed by atoms with van der Waals surface area (Å²) in [5, 5.41) is 10.7. The maximum atomic E-state index is 12.2. The monoisotopic (exact) mass is 322 g/mol. The van der Waals surface area contributed by atoms with Crippen LogP contribution < -0.4 is 4.74 Å². The molecule has 1 aromatic carbocycles. The molecular formula is C15H18N2O6. The van der Waals surface area contributed by atoms with Gasteiger partial charge >= 0.3 is 0 Å². The van der Waals surface area contributed by atoms with Gasteiger partial charge in [-0.1, -0.05) is 0 Å². The molecule has 0 unspecified atom stereocenters. The smallest absolute Gasteiger partial charge is 0.270 e. The highest BCUT2D eigenvalue weighted by molar-refractivity contribution is 5.82. The average molecular weight is 322 g/mol. The van der Waals surface area contributed by atoms with Crippen molar-refractivity contribution in [2.45, 2.75) is 26.1 Å². The van der Waals surface area contributed by atoms with Gasteiger partial charge < -0.3 is 14.4 Å². The van der Waals surface area contributed by atoms with Gasteiger partial charge in [0.25, 0.3) is 11.6 Å². The molecule has 0 radical (unpaired) electrons. The molecule has 1 saturated heterocycles. The first-order valence-electron chi connectivity index (χ1n) is 7.20. The summed E-state index contributed by atoms with van der Waals surface area (Å²) in [6.45, 7) is 4.49. The first-order chi connectivity index (χ1) is 10.9. The minimum Gasteiger partial charge on any atom is -0.483 e. The lowest BCUT2D eigenvalue weighted by atomic mass is 10.2. The highest BCUT2D eigenvalue weighted by Crippen LogP contribution is 2.23. The molecular weight excluding hydrogens is 304 g/mol. The Balaban J connectivity index is 2.01. The van der Waals surface area contributed by atoms with E-state index in [4.69, 9.17) is 9.47 Å². The maximum Gasteiger partial charge on any atom is 0.270 e. The first-order valence-corrected chi connectivity index (χ1v) is 7.20. The fourth-order valence-electron chi connectivity index (χ4n) is 2.49. The third kappa shape index (κ3) is 4.26. The number of carbonyl (C=O) groups excluding carboxylic acids is 2. The van der Waals surface area contributed by atoms with Gasteiger partial charge in [-0.3, -0.25) is 19.7 Å². The summed E-state index contributed by atoms with van der Waals surface area (Å²) in [6, 6.07) is 3.66. The minimum absolute atomic E-state index is 0.0377. The normalized spacial score (nSPS) is 20.9. The number of ether oxygens (including phenoxy) is 2. The van der Waals surface area contributed by atoms with E-state index in [-0.39, 0.29) is 41.7 Å². The predicted octanol–water partition coefficient (Wildman–Crippen LogP) is 1.42. The van der Waals surface area contributed by atoms with Crippen LogP contribution in [-0.2, 0) is 9.53 Å². The van der Waals surface area contributed by atoms with E-state index in [1.54, 1.807) is 4.90 Å². The van der Waals surface area contributed by atoms with E-state index in [0.717, 1.165) is 6.07 Å². The van der Waals surface area contributed by atoms with Gasteiger partial charge in [-0.2, -0.15) is 0 Å². The number of non-ortho nitro benzene ring substituents is 1. The molecule has 0 aromatic heterocycles. The molecule has 0 bridgehead atoms. The maximum absolute atomic E-state index is 12.2. The standard InChI is InChI=1S/C15H18N2O6/c1-10-6-16(7-11(2)23-10)15(19)9-22-14-4-3-13(17(20)21)5-12(14)8-18/h3-5,8,10-11H,6-7,9H2,1-2H3/t10-,11+. The third-order valence-corrected chi connectivity index (χ3v) is 3.45. The zero-order valence-corrected chi connectivity index (χ0v) is 12.9. The van der Waals surface area contributed by atoms with Crippen LogP contribution in [0.5, 0.6) is 5.75 Å². The summed E-state index contributed by atoms with van der Waals surface area (Å²) < 4.78 is 10.9. The quantitative estimate of drug-likeness (QED) is 0.462. The summed E-state index contributed by atoms with van der Waals surface area (Å²) in [4.78, 5) is 34.9. The van der Waals surface area contributed by atoms with Crippen LogP contribution in [0, 0.1) is 10.1 Å². The largest absolute Gasteiger partial charge is 0.483 e. The number of benzene rings is 1. The van der Waals surface area contributed by atoms with Crippen molar-refractivity contribution in [3.8, 4) is 5.75 Å². The molecule has 0 spiro atoms. The van der Waals surface area contributed by atoms with E-state index in [1.165, 1.54) is 12.1 Å². The zero-order chi connectivity index (χ0) is 17.0. The number of amides is 1. The Morgan fingerprint density at radius 2 is 2.09 bits per heavy atom. The Kier molecular flexibility index (Phi) is 5.28. The average Bonchev–Trinajstić information content (AvgIpc) is 2.51. The van der Waals surface area contributed by atoms with E-state index in [0.29, 0.717) is 19.4 Å². The summed E-state index contributed by atoms with van der Waals surface area (Å²) in [6.07, 6.45) is 0.367. The number of morpholine rings is 1. The Labute approximate surface area is 133 Å². The lowest BCUT2D eigenvalue weighted by Gasteiger charge is -2.35. The van der Waals surface area contributed by atoms with Gasteiger partial charge in [0.1, 0.15) is 5.75 Å². The lowest BCUT2D eigenvalue weighted by molar-refractivity contribution is -0.384. The second-order valence-electron chi connectivity index (χ2n) is 5.44. The molecule has 0 saturated carbocycles. The van der Waals surface area contributed by atoms with Crippen LogP contribution in [0.15, 0.2) is 18.2 Å². The number of nitrogens with zero attached hydrogens (tertiary/aromatic N) is 2. The Morgan fingerprint density at radius 3 is 2.65 bits per heavy atom. The Bertz CT molecular complexity index is 608. The predicted molar refractivity (Wildman–Crippen MR) is 80.6 cm³/mol. The van der Waals surface area contributed by atoms with E-state index in [2.05, 4.69) is 0 Å². The zero-order valence-electron chi connectivity index (χ0n) is 12.9. The fourth-order valence-corrected chi connectivity index (χ4v) is 2.49. The van der Waals surface area contributed by atoms with Gasteiger partial charge in [0.05, 0.1) is 22.7 Å². The molecule has 2 atom stereocenters. The van der Waals surface area contributed by atoms with Crippen LogP contribution in [0.1, 0.15) is 24.2 Å². The van der Waals surface area contributed by atoms with Crippen LogP contribution in [0.4, 0.5) is 5.69 Å². The highest BCUT2D eigenvalue weighted by Gasteiger charge is 2.26. The van der Waals surface area contributed by atoms with E-state index < -0.39 is 4.92 Å². The van der Waals surface area contributed by atoms with Crippen molar-refractivity contribution in [3.63, 3.8) is 0 Å². The molecule has 124 valence electrons. The minimum atomic E-state index is -0.599. The highest BCUT2D eigenvalue weighted by atomic mass is 16.6. The van der Waals surface area contributed by atoms with Gasteiger partial charge in [-0.05, 0) is 19.9 Å². The van der Waals surface area contributed by atoms with Crippen molar-refractivity contribution >= 4 is 17.9 Å². The van der Waals surface area contributed by atoms with Crippen LogP contribution in [-0.4, -0.2) is 53.9 Å². The fraction of sp³-hybridized carbons (Fsp3) is 0.467. The molecule has 1 heterocycles. The number of nitro groups is 1. The van der Waals surface area contributed by atoms with Gasteiger partial charge in [-0.15, -0.1) is 0 Å². The molecule has 8 heteroatoms. The molecule has 2 rings (SSSR count). The number of hydrogen-bond acceptors (Lipinski definition) is 6. The van der Waals surface area contributed by atoms with Crippen LogP contribution in [0.2, 0.25) is 0 Å². The summed E-state index contributed by atoms with van der Waals surface area (Å²) >= 11 is 0. The number of rotatable bonds is 5. The van der Waals surface area contributed by atoms with Crippen molar-refractivity contribution in [1.29, 1.82) is 0 Å². The first kappa shape index (κ1) is 16.9. The van der Waals surface area contributed by atoms with Crippen LogP contribution in [0.25, 0.3) is 0 Å². The second-order valence-corrected chi connectivity index (χ2v) is 5.44. The summed E-state index contributed by atoms with van der Waals surface area (Å²) in [5.74, 6) is -0.0736. The molecule has 1 aromatic rings. The SMILES string of the molecule is C[C@@H]1CN(C(=O)COc2ccc([N+](=O)[O-])cc2C=O)C[C@H](C)O1. The lowest BCUT2D eigenvalue weighted by Crippen LogP contribution is -2.49. The van der Waals surface area contributed by atoms with E-state index in [1.807, 2.05) is 13.8 Å². The topological polar surface area (TPSA) is 99.0 Å². The van der Waals surface area contributed by atoms with Gasteiger partial charge in [-0.25, -0.2) is 0 Å². The molecule has 0 aliphatic carbocycles. The Hall–Kier alpha value is -2.48. The van der Waals surface area contributed by atoms with Gasteiger partial charge in [0, 0.05) is 25.2 Å². The van der Waals surface area contributed by atoms with Crippen molar-refractivity contribution < 1.29 is 24.0 Å². The molecule has 0 N–H and O–H groups in total. The molecule has 23 heavy (non-hydrogen) atoms. The van der Waals surface area contributed by atoms with Crippen molar-refractivity contribution in [2.75, 3.05) is 19.7 Å². The summed E-state index contributed by atoms with van der Waals surface area (Å²) in [5.41, 5.74) is -0.169. The number of aldehydes is 1. The van der Waals surface area contributed by atoms with Crippen molar-refractivity contribution in [2.24, 2.45) is 0 Å². The van der Waals surface area contributed by atoms with Crippen LogP contribution in [0.3, 0.4) is 0 Å². The number of hydrogen-bond donors (Lipinski definition) is 0. The molecule has 1 aliphatic heterocycles. The summed E-state index contributed by atoms with van der Waals surface area (Å²) in [7, 11) is 0. The molecule has 8 nitrogen and oxygen atoms in total. The number of nitro benzene ring substituents is 1. The second kappa shape index (κ2) is 7.19. The van der Waals surface area contributed by atoms with Gasteiger partial charge in [0.2, 0.25) is 0 Å².